The summed E-state index contributed by atoms with van der Waals surface area (Å²) in [6.45, 7) is 3.89. The summed E-state index contributed by atoms with van der Waals surface area (Å²) in [4.78, 5) is 54.3. The summed E-state index contributed by atoms with van der Waals surface area (Å²) in [5, 5.41) is 3.32. The second kappa shape index (κ2) is 11.8. The van der Waals surface area contributed by atoms with Crippen molar-refractivity contribution in [3.63, 3.8) is 0 Å². The molecule has 40 heavy (non-hydrogen) atoms. The highest BCUT2D eigenvalue weighted by Gasteiger charge is 2.42. The second-order valence-electron chi connectivity index (χ2n) is 10.2. The predicted molar refractivity (Wildman–Crippen MR) is 155 cm³/mol. The minimum atomic E-state index is -0.819. The van der Waals surface area contributed by atoms with Crippen molar-refractivity contribution in [1.82, 2.24) is 15.1 Å². The number of piperazine rings is 1. The number of aliphatic imine (C=N–C) groups is 2. The van der Waals surface area contributed by atoms with Crippen LogP contribution in [0.25, 0.3) is 0 Å². The van der Waals surface area contributed by atoms with Crippen LogP contribution in [0.5, 0.6) is 0 Å². The van der Waals surface area contributed by atoms with Gasteiger partial charge in [-0.2, -0.15) is 0 Å². The molecule has 6 rings (SSSR count). The maximum Gasteiger partial charge on any atom is 0.259 e. The number of carbonyl (C=O) groups excluding carboxylic acids is 3. The Labute approximate surface area is 237 Å². The van der Waals surface area contributed by atoms with Crippen LogP contribution in [0.15, 0.2) is 64.6 Å². The van der Waals surface area contributed by atoms with Crippen LogP contribution in [-0.2, 0) is 19.1 Å². The number of rotatable bonds is 7. The Kier molecular flexibility index (Phi) is 7.83. The Balaban J connectivity index is 1.10. The Bertz CT molecular complexity index is 1340. The molecule has 0 unspecified atom stereocenters. The minimum absolute atomic E-state index is 0.00611. The van der Waals surface area contributed by atoms with E-state index in [9.17, 15) is 14.4 Å². The molecule has 4 aliphatic heterocycles. The van der Waals surface area contributed by atoms with Crippen molar-refractivity contribution in [2.45, 2.75) is 31.4 Å². The molecule has 10 nitrogen and oxygen atoms in total. The summed E-state index contributed by atoms with van der Waals surface area (Å²) in [5.74, 6) is 0.0909. The molecular formula is C29H32N6O4S. The molecule has 0 aliphatic carbocycles. The zero-order valence-electron chi connectivity index (χ0n) is 22.2. The molecule has 2 fully saturated rings. The molecule has 4 heterocycles. The van der Waals surface area contributed by atoms with Crippen LogP contribution in [0.2, 0.25) is 0 Å². The van der Waals surface area contributed by atoms with E-state index in [2.05, 4.69) is 27.3 Å². The van der Waals surface area contributed by atoms with Crippen LogP contribution in [0.3, 0.4) is 0 Å². The molecular weight excluding hydrogens is 528 g/mol. The van der Waals surface area contributed by atoms with Crippen LogP contribution >= 0.6 is 11.8 Å². The molecule has 3 amide bonds. The number of para-hydroxylation sites is 2. The molecule has 2 aromatic rings. The summed E-state index contributed by atoms with van der Waals surface area (Å²) in [6.07, 6.45) is 2.03. The van der Waals surface area contributed by atoms with Crippen LogP contribution in [0.4, 0.5) is 11.4 Å². The van der Waals surface area contributed by atoms with Crippen molar-refractivity contribution in [2.24, 2.45) is 9.98 Å². The number of carbonyl (C=O) groups is 3. The van der Waals surface area contributed by atoms with Crippen LogP contribution in [0, 0.1) is 0 Å². The number of hydrogen-bond donors (Lipinski definition) is 1. The van der Waals surface area contributed by atoms with E-state index in [0.717, 1.165) is 43.8 Å². The van der Waals surface area contributed by atoms with Crippen molar-refractivity contribution in [1.29, 1.82) is 0 Å². The maximum absolute atomic E-state index is 13.6. The fourth-order valence-corrected chi connectivity index (χ4v) is 6.22. The number of nitrogens with zero attached hydrogens (tertiary/aromatic N) is 5. The van der Waals surface area contributed by atoms with Crippen molar-refractivity contribution < 1.29 is 19.1 Å². The first-order valence-corrected chi connectivity index (χ1v) is 14.7. The van der Waals surface area contributed by atoms with Crippen molar-refractivity contribution >= 4 is 51.9 Å². The maximum atomic E-state index is 13.6. The van der Waals surface area contributed by atoms with Crippen molar-refractivity contribution in [3.8, 4) is 0 Å². The van der Waals surface area contributed by atoms with E-state index in [-0.39, 0.29) is 36.0 Å². The van der Waals surface area contributed by atoms with Gasteiger partial charge in [-0.3, -0.25) is 19.4 Å². The van der Waals surface area contributed by atoms with E-state index in [4.69, 9.17) is 9.73 Å². The molecule has 0 aromatic heterocycles. The number of fused-ring (bicyclic) bond motifs is 3. The molecule has 2 saturated heterocycles. The average Bonchev–Trinajstić information content (AvgIpc) is 3.63. The normalized spacial score (nSPS) is 22.0. The summed E-state index contributed by atoms with van der Waals surface area (Å²) >= 11 is 1.20. The zero-order chi connectivity index (χ0) is 27.5. The van der Waals surface area contributed by atoms with Gasteiger partial charge in [0.05, 0.1) is 24.0 Å². The first-order valence-electron chi connectivity index (χ1n) is 13.8. The molecule has 2 aromatic carbocycles. The lowest BCUT2D eigenvalue weighted by atomic mass is 10.1. The summed E-state index contributed by atoms with van der Waals surface area (Å²) in [7, 11) is 0. The zero-order valence-corrected chi connectivity index (χ0v) is 23.0. The van der Waals surface area contributed by atoms with Gasteiger partial charge in [0.2, 0.25) is 11.8 Å². The highest BCUT2D eigenvalue weighted by molar-refractivity contribution is 8.14. The van der Waals surface area contributed by atoms with Gasteiger partial charge < -0.3 is 19.9 Å². The van der Waals surface area contributed by atoms with Crippen LogP contribution < -0.4 is 10.2 Å². The highest BCUT2D eigenvalue weighted by Crippen LogP contribution is 2.34. The molecule has 11 heteroatoms. The molecule has 0 spiro atoms. The molecule has 0 radical (unpaired) electrons. The molecule has 208 valence electrons. The van der Waals surface area contributed by atoms with E-state index >= 15 is 0 Å². The van der Waals surface area contributed by atoms with Gasteiger partial charge in [0.15, 0.2) is 5.17 Å². The molecule has 4 aliphatic rings. The van der Waals surface area contributed by atoms with E-state index < -0.39 is 6.04 Å². The third-order valence-electron chi connectivity index (χ3n) is 7.55. The minimum Gasteiger partial charge on any atom is -0.376 e. The molecule has 1 N–H and O–H groups in total. The Morgan fingerprint density at radius 3 is 2.58 bits per heavy atom. The fraction of sp³-hybridized carbons (Fsp3) is 0.414. The van der Waals surface area contributed by atoms with E-state index in [1.54, 1.807) is 0 Å². The molecule has 0 bridgehead atoms. The van der Waals surface area contributed by atoms with Gasteiger partial charge in [-0.15, -0.1) is 0 Å². The first-order chi connectivity index (χ1) is 19.6. The summed E-state index contributed by atoms with van der Waals surface area (Å²) < 4.78 is 5.57. The monoisotopic (exact) mass is 560 g/mol. The number of hydrogen-bond acceptors (Lipinski definition) is 8. The first kappa shape index (κ1) is 26.5. The van der Waals surface area contributed by atoms with E-state index in [0.29, 0.717) is 36.3 Å². The van der Waals surface area contributed by atoms with E-state index in [1.165, 1.54) is 16.7 Å². The number of nitrogens with one attached hydrogen (secondary N) is 1. The van der Waals surface area contributed by atoms with Gasteiger partial charge in [-0.05, 0) is 37.1 Å². The van der Waals surface area contributed by atoms with Gasteiger partial charge in [-0.25, -0.2) is 9.89 Å². The van der Waals surface area contributed by atoms with Crippen molar-refractivity contribution in [3.05, 3.63) is 60.2 Å². The Morgan fingerprint density at radius 2 is 1.80 bits per heavy atom. The lowest BCUT2D eigenvalue weighted by Gasteiger charge is -2.36. The number of amides is 3. The molecule has 0 saturated carbocycles. The Morgan fingerprint density at radius 1 is 1.02 bits per heavy atom. The van der Waals surface area contributed by atoms with Gasteiger partial charge in [0.1, 0.15) is 11.9 Å². The predicted octanol–water partition coefficient (Wildman–Crippen LogP) is 2.41. The van der Waals surface area contributed by atoms with Gasteiger partial charge in [0, 0.05) is 50.6 Å². The van der Waals surface area contributed by atoms with Gasteiger partial charge in [-0.1, -0.05) is 42.1 Å². The number of anilines is 1. The lowest BCUT2D eigenvalue weighted by molar-refractivity contribution is -0.135. The smallest absolute Gasteiger partial charge is 0.259 e. The number of amidine groups is 2. The number of thioether (sulfide) groups is 1. The van der Waals surface area contributed by atoms with Crippen LogP contribution in [0.1, 0.15) is 24.8 Å². The average molecular weight is 561 g/mol. The fourth-order valence-electron chi connectivity index (χ4n) is 5.39. The van der Waals surface area contributed by atoms with Gasteiger partial charge >= 0.3 is 0 Å². The summed E-state index contributed by atoms with van der Waals surface area (Å²) in [6, 6.07) is 16.8. The highest BCUT2D eigenvalue weighted by atomic mass is 32.2. The van der Waals surface area contributed by atoms with Crippen molar-refractivity contribution in [2.75, 3.05) is 50.0 Å². The largest absolute Gasteiger partial charge is 0.376 e. The third kappa shape index (κ3) is 5.62. The number of benzene rings is 2. The second-order valence-corrected chi connectivity index (χ2v) is 11.1. The SMILES string of the molecule is O=C(CSC1=Nc2ccccc2C2=N[C@@H](CC(=O)N3CCN(c4ccccc4)CC3)C(=O)N12)NC[C@H]1CCCO1. The number of ether oxygens (including phenoxy) is 1. The third-order valence-corrected chi connectivity index (χ3v) is 8.49. The molecule has 2 atom stereocenters. The Hall–Kier alpha value is -3.70. The quantitative estimate of drug-likeness (QED) is 0.558. The van der Waals surface area contributed by atoms with Crippen LogP contribution in [-0.4, -0.2) is 95.8 Å². The lowest BCUT2D eigenvalue weighted by Crippen LogP contribution is -2.50. The summed E-state index contributed by atoms with van der Waals surface area (Å²) in [5.41, 5.74) is 2.58. The topological polar surface area (TPSA) is 107 Å². The van der Waals surface area contributed by atoms with Gasteiger partial charge in [0.25, 0.3) is 5.91 Å². The standard InChI is InChI=1S/C29H32N6O4S/c36-25(30-18-21-9-6-16-39-21)19-40-29-32-23-11-5-4-10-22(23)27-31-24(28(38)35(27)29)17-26(37)34-14-12-33(13-15-34)20-7-2-1-3-8-20/h1-5,7-8,10-11,21,24H,6,9,12-19H2,(H,30,36)/t21-,24+/m1/s1. The van der Waals surface area contributed by atoms with E-state index in [1.807, 2.05) is 47.4 Å².